The van der Waals surface area contributed by atoms with Crippen LogP contribution in [0.25, 0.3) is 0 Å². The van der Waals surface area contributed by atoms with E-state index >= 15 is 0 Å². The molecule has 1 aromatic carbocycles. The maximum absolute atomic E-state index is 5.80. The van der Waals surface area contributed by atoms with E-state index in [0.717, 1.165) is 23.5 Å². The third-order valence-electron chi connectivity index (χ3n) is 3.30. The van der Waals surface area contributed by atoms with Crippen LogP contribution in [0.4, 0.5) is 0 Å². The number of hydrogen-bond acceptors (Lipinski definition) is 4. The van der Waals surface area contributed by atoms with Gasteiger partial charge in [0.05, 0.1) is 12.8 Å². The first-order valence-corrected chi connectivity index (χ1v) is 6.21. The first-order chi connectivity index (χ1) is 9.26. The Kier molecular flexibility index (Phi) is 2.91. The number of ether oxygens (including phenoxy) is 1. The Morgan fingerprint density at radius 2 is 2.21 bits per heavy atom. The van der Waals surface area contributed by atoms with Crippen molar-refractivity contribution in [3.8, 4) is 5.75 Å². The van der Waals surface area contributed by atoms with Gasteiger partial charge in [-0.25, -0.2) is 0 Å². The molecule has 1 heterocycles. The van der Waals surface area contributed by atoms with E-state index in [1.807, 2.05) is 18.2 Å². The van der Waals surface area contributed by atoms with Crippen LogP contribution >= 0.6 is 0 Å². The maximum Gasteiger partial charge on any atom is 0.155 e. The number of nitrogens with two attached hydrogens (primary N) is 1. The molecule has 1 aromatic rings. The van der Waals surface area contributed by atoms with Gasteiger partial charge in [0.25, 0.3) is 0 Å². The summed E-state index contributed by atoms with van der Waals surface area (Å²) in [5.41, 5.74) is 8.85. The lowest BCUT2D eigenvalue weighted by Gasteiger charge is -2.14. The summed E-state index contributed by atoms with van der Waals surface area (Å²) in [5.74, 6) is 1.71. The molecule has 0 spiro atoms. The van der Waals surface area contributed by atoms with Crippen molar-refractivity contribution >= 4 is 11.5 Å². The second-order valence-electron chi connectivity index (χ2n) is 4.63. The quantitative estimate of drug-likeness (QED) is 0.896. The summed E-state index contributed by atoms with van der Waals surface area (Å²) in [6.07, 6.45) is 7.17. The molecule has 1 unspecified atom stereocenters. The molecule has 1 atom stereocenters. The third kappa shape index (κ3) is 2.29. The number of hydrogen-bond donors (Lipinski definition) is 1. The second-order valence-corrected chi connectivity index (χ2v) is 4.63. The highest BCUT2D eigenvalue weighted by Gasteiger charge is 2.20. The minimum atomic E-state index is 0.313. The highest BCUT2D eigenvalue weighted by Crippen LogP contribution is 2.23. The van der Waals surface area contributed by atoms with Crippen LogP contribution in [0.5, 0.6) is 5.75 Å². The van der Waals surface area contributed by atoms with Crippen LogP contribution in [-0.4, -0.2) is 18.7 Å². The lowest BCUT2D eigenvalue weighted by molar-refractivity contribution is 0.414. The van der Waals surface area contributed by atoms with E-state index in [1.54, 1.807) is 7.11 Å². The summed E-state index contributed by atoms with van der Waals surface area (Å²) in [4.78, 5) is 0. The van der Waals surface area contributed by atoms with Crippen molar-refractivity contribution in [1.82, 2.24) is 0 Å². The monoisotopic (exact) mass is 253 g/mol. The fraction of sp³-hybridized carbons (Fsp3) is 0.200. The lowest BCUT2D eigenvalue weighted by Crippen LogP contribution is -2.19. The number of amidine groups is 1. The van der Waals surface area contributed by atoms with E-state index in [9.17, 15) is 0 Å². The van der Waals surface area contributed by atoms with Crippen molar-refractivity contribution in [2.45, 2.75) is 6.42 Å². The molecule has 0 saturated heterocycles. The molecule has 1 aliphatic carbocycles. The summed E-state index contributed by atoms with van der Waals surface area (Å²) < 4.78 is 5.24. The number of benzene rings is 1. The van der Waals surface area contributed by atoms with Crippen molar-refractivity contribution in [3.63, 3.8) is 0 Å². The van der Waals surface area contributed by atoms with Crippen molar-refractivity contribution in [1.29, 1.82) is 0 Å². The van der Waals surface area contributed by atoms with E-state index in [-0.39, 0.29) is 0 Å². The van der Waals surface area contributed by atoms with Gasteiger partial charge in [-0.2, -0.15) is 0 Å². The smallest absolute Gasteiger partial charge is 0.155 e. The Hall–Kier alpha value is -2.36. The van der Waals surface area contributed by atoms with Gasteiger partial charge >= 0.3 is 0 Å². The third-order valence-corrected chi connectivity index (χ3v) is 3.30. The Morgan fingerprint density at radius 1 is 1.32 bits per heavy atom. The molecule has 19 heavy (non-hydrogen) atoms. The highest BCUT2D eigenvalue weighted by molar-refractivity contribution is 6.29. The average Bonchev–Trinajstić information content (AvgIpc) is 2.80. The summed E-state index contributed by atoms with van der Waals surface area (Å²) in [6.45, 7) is 0. The number of fused-ring (bicyclic) bond motifs is 1. The van der Waals surface area contributed by atoms with Crippen LogP contribution in [0, 0.1) is 5.92 Å². The van der Waals surface area contributed by atoms with Gasteiger partial charge in [0, 0.05) is 11.5 Å². The molecule has 2 N–H and O–H groups in total. The first kappa shape index (κ1) is 11.7. The number of methoxy groups -OCH3 is 1. The number of nitrogens with zero attached hydrogens (tertiary/aromatic N) is 2. The summed E-state index contributed by atoms with van der Waals surface area (Å²) in [5, 5.41) is 7.90. The van der Waals surface area contributed by atoms with E-state index in [2.05, 4.69) is 34.5 Å². The molecule has 4 heteroatoms. The van der Waals surface area contributed by atoms with Crippen molar-refractivity contribution in [3.05, 3.63) is 53.6 Å². The molecule has 3 rings (SSSR count). The minimum absolute atomic E-state index is 0.313. The predicted molar refractivity (Wildman–Crippen MR) is 76.5 cm³/mol. The standard InChI is InChI=1S/C15H15N3O/c1-19-12-4-2-3-10(8-12)7-11-5-6-14-13(9-11)15(16)18-17-14/h2-6,8-9,11H,7H2,1H3,(H2,16,18). The molecule has 0 bridgehead atoms. The molecule has 0 aromatic heterocycles. The second kappa shape index (κ2) is 4.72. The van der Waals surface area contributed by atoms with Crippen LogP contribution in [0.2, 0.25) is 0 Å². The van der Waals surface area contributed by atoms with E-state index < -0.39 is 0 Å². The van der Waals surface area contributed by atoms with Gasteiger partial charge in [0.2, 0.25) is 0 Å². The Bertz CT molecular complexity index is 626. The molecule has 0 amide bonds. The molecule has 0 fully saturated rings. The van der Waals surface area contributed by atoms with Gasteiger partial charge in [-0.15, -0.1) is 10.2 Å². The summed E-state index contributed by atoms with van der Waals surface area (Å²) in [7, 11) is 1.68. The Balaban J connectivity index is 1.79. The fourth-order valence-corrected chi connectivity index (χ4v) is 2.32. The molecular formula is C15H15N3O. The van der Waals surface area contributed by atoms with Gasteiger partial charge in [0.1, 0.15) is 5.75 Å². The van der Waals surface area contributed by atoms with Crippen LogP contribution < -0.4 is 10.5 Å². The zero-order valence-electron chi connectivity index (χ0n) is 10.7. The maximum atomic E-state index is 5.80. The van der Waals surface area contributed by atoms with Crippen molar-refractivity contribution in [2.75, 3.05) is 7.11 Å². The molecular weight excluding hydrogens is 238 g/mol. The van der Waals surface area contributed by atoms with Crippen LogP contribution in [0.15, 0.2) is 58.3 Å². The highest BCUT2D eigenvalue weighted by atomic mass is 16.5. The van der Waals surface area contributed by atoms with Gasteiger partial charge < -0.3 is 10.5 Å². The van der Waals surface area contributed by atoms with Crippen LogP contribution in [0.1, 0.15) is 5.56 Å². The molecule has 1 aliphatic heterocycles. The predicted octanol–water partition coefficient (Wildman–Crippen LogP) is 2.08. The van der Waals surface area contributed by atoms with Crippen LogP contribution in [0.3, 0.4) is 0 Å². The zero-order valence-corrected chi connectivity index (χ0v) is 10.7. The molecule has 0 saturated carbocycles. The minimum Gasteiger partial charge on any atom is -0.497 e. The molecule has 2 aliphatic rings. The lowest BCUT2D eigenvalue weighted by atomic mass is 9.90. The van der Waals surface area contributed by atoms with Gasteiger partial charge in [-0.05, 0) is 30.2 Å². The average molecular weight is 253 g/mol. The first-order valence-electron chi connectivity index (χ1n) is 6.21. The van der Waals surface area contributed by atoms with Gasteiger partial charge in [-0.3, -0.25) is 0 Å². The topological polar surface area (TPSA) is 60.0 Å². The molecule has 96 valence electrons. The van der Waals surface area contributed by atoms with Crippen molar-refractivity contribution in [2.24, 2.45) is 21.9 Å². The van der Waals surface area contributed by atoms with E-state index in [4.69, 9.17) is 10.5 Å². The van der Waals surface area contributed by atoms with Crippen molar-refractivity contribution < 1.29 is 4.74 Å². The Labute approximate surface area is 112 Å². The fourth-order valence-electron chi connectivity index (χ4n) is 2.32. The largest absolute Gasteiger partial charge is 0.497 e. The number of allylic oxidation sites excluding steroid dienone is 3. The van der Waals surface area contributed by atoms with Crippen LogP contribution in [-0.2, 0) is 6.42 Å². The Morgan fingerprint density at radius 3 is 3.05 bits per heavy atom. The molecule has 4 nitrogen and oxygen atoms in total. The normalized spacial score (nSPS) is 20.5. The van der Waals surface area contributed by atoms with E-state index in [1.165, 1.54) is 5.56 Å². The van der Waals surface area contributed by atoms with E-state index in [0.29, 0.717) is 11.8 Å². The summed E-state index contributed by atoms with van der Waals surface area (Å²) in [6, 6.07) is 8.11. The van der Waals surface area contributed by atoms with Gasteiger partial charge in [-0.1, -0.05) is 24.3 Å². The summed E-state index contributed by atoms with van der Waals surface area (Å²) >= 11 is 0. The SMILES string of the molecule is COc1cccc(CC2C=CC3=NN=C(N)C3=C2)c1. The molecule has 0 radical (unpaired) electrons. The van der Waals surface area contributed by atoms with Gasteiger partial charge in [0.15, 0.2) is 5.84 Å². The zero-order chi connectivity index (χ0) is 13.2. The number of rotatable bonds is 3.